The van der Waals surface area contributed by atoms with Crippen molar-refractivity contribution in [3.63, 3.8) is 0 Å². The zero-order chi connectivity index (χ0) is 20.1. The molecule has 0 spiro atoms. The van der Waals surface area contributed by atoms with Crippen LogP contribution in [0.3, 0.4) is 0 Å². The van der Waals surface area contributed by atoms with Crippen LogP contribution in [-0.4, -0.2) is 39.1 Å². The lowest BCUT2D eigenvalue weighted by Crippen LogP contribution is -2.31. The fourth-order valence-electron chi connectivity index (χ4n) is 3.15. The highest BCUT2D eigenvalue weighted by Crippen LogP contribution is 2.43. The Morgan fingerprint density at radius 3 is 2.66 bits per heavy atom. The van der Waals surface area contributed by atoms with Gasteiger partial charge in [0.25, 0.3) is 11.8 Å². The lowest BCUT2D eigenvalue weighted by atomic mass is 10.1. The van der Waals surface area contributed by atoms with Crippen LogP contribution >= 0.6 is 23.5 Å². The van der Waals surface area contributed by atoms with E-state index >= 15 is 0 Å². The number of aromatic nitrogens is 2. The van der Waals surface area contributed by atoms with Gasteiger partial charge in [0, 0.05) is 12.1 Å². The number of amides is 1. The summed E-state index contributed by atoms with van der Waals surface area (Å²) in [5.41, 5.74) is 1.96. The first-order chi connectivity index (χ1) is 14.2. The zero-order valence-electron chi connectivity index (χ0n) is 16.2. The maximum Gasteiger partial charge on any atom is 0.283 e. The highest BCUT2D eigenvalue weighted by Gasteiger charge is 2.21. The Morgan fingerprint density at radius 2 is 1.97 bits per heavy atom. The molecule has 2 aromatic heterocycles. The van der Waals surface area contributed by atoms with E-state index < -0.39 is 0 Å². The second-order valence-electron chi connectivity index (χ2n) is 6.75. The molecule has 1 saturated heterocycles. The van der Waals surface area contributed by atoms with E-state index in [1.165, 1.54) is 23.5 Å². The molecule has 0 unspecified atom stereocenters. The Labute approximate surface area is 178 Å². The standard InChI is InChI=1S/C21H23N3O3S2/c1-2-10-24(14-18-22-23-19(27-18)17-5-3-11-26-17)20(25)15-6-8-16(9-7-15)21-28-12-4-13-29-21/h3,5-9,11,21H,2,4,10,12-14H2,1H3. The van der Waals surface area contributed by atoms with Crippen LogP contribution in [0.25, 0.3) is 11.7 Å². The Hall–Kier alpha value is -2.19. The van der Waals surface area contributed by atoms with Gasteiger partial charge in [-0.05, 0) is 54.2 Å². The van der Waals surface area contributed by atoms with E-state index in [4.69, 9.17) is 8.83 Å². The number of carbonyl (C=O) groups is 1. The topological polar surface area (TPSA) is 72.4 Å². The minimum Gasteiger partial charge on any atom is -0.459 e. The molecule has 29 heavy (non-hydrogen) atoms. The molecule has 8 heteroatoms. The first-order valence-electron chi connectivity index (χ1n) is 9.73. The maximum atomic E-state index is 13.1. The number of thioether (sulfide) groups is 2. The van der Waals surface area contributed by atoms with Gasteiger partial charge in [0.15, 0.2) is 5.76 Å². The summed E-state index contributed by atoms with van der Waals surface area (Å²) < 4.78 is 11.4. The molecule has 0 atom stereocenters. The average Bonchev–Trinajstić information content (AvgIpc) is 3.46. The molecule has 0 bridgehead atoms. The first kappa shape index (κ1) is 20.1. The fraction of sp³-hybridized carbons (Fsp3) is 0.381. The molecule has 1 aromatic carbocycles. The van der Waals surface area contributed by atoms with E-state index in [2.05, 4.69) is 22.3 Å². The summed E-state index contributed by atoms with van der Waals surface area (Å²) in [5, 5.41) is 8.08. The van der Waals surface area contributed by atoms with Crippen molar-refractivity contribution in [2.45, 2.75) is 30.9 Å². The number of benzene rings is 1. The molecule has 0 aliphatic carbocycles. The molecule has 0 N–H and O–H groups in total. The van der Waals surface area contributed by atoms with Gasteiger partial charge in [0.2, 0.25) is 5.89 Å². The molecule has 6 nitrogen and oxygen atoms in total. The Morgan fingerprint density at radius 1 is 1.17 bits per heavy atom. The summed E-state index contributed by atoms with van der Waals surface area (Å²) in [4.78, 5) is 14.8. The van der Waals surface area contributed by atoms with E-state index in [1.54, 1.807) is 23.3 Å². The van der Waals surface area contributed by atoms with Crippen LogP contribution < -0.4 is 0 Å². The van der Waals surface area contributed by atoms with Gasteiger partial charge in [-0.3, -0.25) is 4.79 Å². The molecule has 0 saturated carbocycles. The third-order valence-corrected chi connectivity index (χ3v) is 7.58. The van der Waals surface area contributed by atoms with Gasteiger partial charge in [-0.2, -0.15) is 0 Å². The fourth-order valence-corrected chi connectivity index (χ4v) is 6.04. The van der Waals surface area contributed by atoms with Gasteiger partial charge in [0.05, 0.1) is 17.4 Å². The van der Waals surface area contributed by atoms with Gasteiger partial charge in [0.1, 0.15) is 0 Å². The number of rotatable bonds is 7. The SMILES string of the molecule is CCCN(Cc1nnc(-c2ccco2)o1)C(=O)c1ccc(C2SCCCS2)cc1. The molecular weight excluding hydrogens is 406 g/mol. The number of hydrogen-bond donors (Lipinski definition) is 0. The van der Waals surface area contributed by atoms with Crippen LogP contribution in [0.2, 0.25) is 0 Å². The van der Waals surface area contributed by atoms with Gasteiger partial charge in [-0.1, -0.05) is 19.1 Å². The second kappa shape index (κ2) is 9.54. The number of hydrogen-bond acceptors (Lipinski definition) is 7. The van der Waals surface area contributed by atoms with Crippen LogP contribution in [0, 0.1) is 0 Å². The highest BCUT2D eigenvalue weighted by atomic mass is 32.2. The summed E-state index contributed by atoms with van der Waals surface area (Å²) in [6, 6.07) is 11.5. The van der Waals surface area contributed by atoms with Gasteiger partial charge in [-0.15, -0.1) is 33.7 Å². The molecule has 1 aliphatic heterocycles. The Kier molecular flexibility index (Phi) is 6.61. The summed E-state index contributed by atoms with van der Waals surface area (Å²) in [5.74, 6) is 3.61. The predicted octanol–water partition coefficient (Wildman–Crippen LogP) is 5.25. The van der Waals surface area contributed by atoms with Gasteiger partial charge >= 0.3 is 0 Å². The van der Waals surface area contributed by atoms with Crippen molar-refractivity contribution < 1.29 is 13.6 Å². The predicted molar refractivity (Wildman–Crippen MR) is 116 cm³/mol. The van der Waals surface area contributed by atoms with Crippen molar-refractivity contribution in [3.8, 4) is 11.7 Å². The molecule has 4 rings (SSSR count). The molecule has 152 valence electrons. The third-order valence-electron chi connectivity index (χ3n) is 4.56. The van der Waals surface area contributed by atoms with Crippen molar-refractivity contribution in [2.24, 2.45) is 0 Å². The van der Waals surface area contributed by atoms with E-state index in [0.717, 1.165) is 6.42 Å². The van der Waals surface area contributed by atoms with E-state index in [9.17, 15) is 4.79 Å². The van der Waals surface area contributed by atoms with E-state index in [0.29, 0.717) is 34.2 Å². The molecule has 3 aromatic rings. The van der Waals surface area contributed by atoms with Crippen LogP contribution in [0.5, 0.6) is 0 Å². The molecular formula is C21H23N3O3S2. The third kappa shape index (κ3) is 4.87. The van der Waals surface area contributed by atoms with Crippen molar-refractivity contribution in [1.29, 1.82) is 0 Å². The van der Waals surface area contributed by atoms with Crippen LogP contribution in [-0.2, 0) is 6.54 Å². The lowest BCUT2D eigenvalue weighted by Gasteiger charge is -2.22. The van der Waals surface area contributed by atoms with E-state index in [-0.39, 0.29) is 12.5 Å². The molecule has 3 heterocycles. The molecule has 1 amide bonds. The van der Waals surface area contributed by atoms with Crippen molar-refractivity contribution in [3.05, 3.63) is 59.7 Å². The summed E-state index contributed by atoms with van der Waals surface area (Å²) in [6.45, 7) is 2.94. The van der Waals surface area contributed by atoms with Crippen LogP contribution in [0.15, 0.2) is 51.5 Å². The summed E-state index contributed by atoms with van der Waals surface area (Å²) in [7, 11) is 0. The van der Waals surface area contributed by atoms with Crippen LogP contribution in [0.1, 0.15) is 46.2 Å². The smallest absolute Gasteiger partial charge is 0.283 e. The summed E-state index contributed by atoms with van der Waals surface area (Å²) in [6.07, 6.45) is 3.67. The monoisotopic (exact) mass is 429 g/mol. The number of furan rings is 1. The average molecular weight is 430 g/mol. The second-order valence-corrected chi connectivity index (χ2v) is 9.48. The largest absolute Gasteiger partial charge is 0.459 e. The molecule has 1 aliphatic rings. The van der Waals surface area contributed by atoms with Gasteiger partial charge in [-0.25, -0.2) is 0 Å². The normalized spacial score (nSPS) is 14.8. The van der Waals surface area contributed by atoms with Crippen molar-refractivity contribution in [1.82, 2.24) is 15.1 Å². The van der Waals surface area contributed by atoms with Gasteiger partial charge < -0.3 is 13.7 Å². The van der Waals surface area contributed by atoms with Crippen molar-refractivity contribution in [2.75, 3.05) is 18.1 Å². The Balaban J connectivity index is 1.45. The van der Waals surface area contributed by atoms with Crippen molar-refractivity contribution >= 4 is 29.4 Å². The minimum atomic E-state index is -0.0277. The molecule has 1 fully saturated rings. The Bertz CT molecular complexity index is 919. The number of carbonyl (C=O) groups excluding carboxylic acids is 1. The minimum absolute atomic E-state index is 0.0277. The van der Waals surface area contributed by atoms with E-state index in [1.807, 2.05) is 42.6 Å². The number of nitrogens with zero attached hydrogens (tertiary/aromatic N) is 3. The highest BCUT2D eigenvalue weighted by molar-refractivity contribution is 8.16. The lowest BCUT2D eigenvalue weighted by molar-refractivity contribution is 0.0728. The molecule has 0 radical (unpaired) electrons. The summed E-state index contributed by atoms with van der Waals surface area (Å²) >= 11 is 3.96. The quantitative estimate of drug-likeness (QED) is 0.508. The maximum absolute atomic E-state index is 13.1. The van der Waals surface area contributed by atoms with Crippen LogP contribution in [0.4, 0.5) is 0 Å². The first-order valence-corrected chi connectivity index (χ1v) is 11.8. The zero-order valence-corrected chi connectivity index (χ0v) is 17.9.